The number of hydrogen-bond acceptors (Lipinski definition) is 9. The van der Waals surface area contributed by atoms with Gasteiger partial charge in [-0.25, -0.2) is 14.8 Å². The van der Waals surface area contributed by atoms with Gasteiger partial charge in [0.15, 0.2) is 0 Å². The predicted molar refractivity (Wildman–Crippen MR) is 212 cm³/mol. The lowest BCUT2D eigenvalue weighted by molar-refractivity contribution is -0.139. The summed E-state index contributed by atoms with van der Waals surface area (Å²) in [6.45, 7) is 8.00. The summed E-state index contributed by atoms with van der Waals surface area (Å²) in [6.07, 6.45) is 6.10. The third-order valence-corrected chi connectivity index (χ3v) is 11.0. The third kappa shape index (κ3) is 8.15. The van der Waals surface area contributed by atoms with Gasteiger partial charge in [-0.1, -0.05) is 52.0 Å². The first-order valence-electron chi connectivity index (χ1n) is 19.6. The number of carbonyl (C=O) groups excluding carboxylic acids is 4. The van der Waals surface area contributed by atoms with E-state index in [9.17, 15) is 24.3 Å². The lowest BCUT2D eigenvalue weighted by atomic mass is 10.0. The number of amides is 4. The Morgan fingerprint density at radius 2 is 1.32 bits per heavy atom. The molecule has 300 valence electrons. The summed E-state index contributed by atoms with van der Waals surface area (Å²) in [5.74, 6) is 0.940. The van der Waals surface area contributed by atoms with Crippen molar-refractivity contribution in [3.63, 3.8) is 0 Å². The normalized spacial score (nSPS) is 18.0. The van der Waals surface area contributed by atoms with E-state index in [1.165, 1.54) is 7.11 Å². The van der Waals surface area contributed by atoms with Crippen molar-refractivity contribution < 1.29 is 33.4 Å². The number of carbonyl (C=O) groups is 4. The SMILES string of the molecule is COC(=O)N[C@H](C(=O)N1CCC[C@H]1c1ncc(-c2ccc(-c3cc4cc(-c5cnc([C@@H]6CCCN6C(=O)[C@@H](NC(=O)CO)C(C)C)[nH]5)ccc4o3)cc2)[nH]1)C(C)C. The quantitative estimate of drug-likeness (QED) is 0.105. The zero-order chi connectivity index (χ0) is 40.4. The van der Waals surface area contributed by atoms with Crippen LogP contribution in [-0.4, -0.2) is 97.5 Å². The zero-order valence-corrected chi connectivity index (χ0v) is 32.9. The maximum Gasteiger partial charge on any atom is 0.407 e. The first-order chi connectivity index (χ1) is 27.4. The van der Waals surface area contributed by atoms with E-state index in [-0.39, 0.29) is 35.7 Å². The number of benzene rings is 2. The van der Waals surface area contributed by atoms with Gasteiger partial charge in [-0.05, 0) is 67.3 Å². The molecule has 2 aliphatic heterocycles. The monoisotopic (exact) mass is 778 g/mol. The molecule has 5 heterocycles. The molecule has 0 saturated carbocycles. The summed E-state index contributed by atoms with van der Waals surface area (Å²) in [5.41, 5.74) is 5.15. The summed E-state index contributed by atoms with van der Waals surface area (Å²) in [4.78, 5) is 70.8. The molecule has 4 amide bonds. The van der Waals surface area contributed by atoms with E-state index < -0.39 is 30.7 Å². The average Bonchev–Trinajstić information content (AvgIpc) is 4.06. The number of nitrogens with one attached hydrogen (secondary N) is 4. The molecule has 2 saturated heterocycles. The molecule has 0 unspecified atom stereocenters. The summed E-state index contributed by atoms with van der Waals surface area (Å²) >= 11 is 0. The van der Waals surface area contributed by atoms with E-state index in [0.717, 1.165) is 70.5 Å². The van der Waals surface area contributed by atoms with Crippen LogP contribution in [0.5, 0.6) is 0 Å². The third-order valence-electron chi connectivity index (χ3n) is 11.0. The Kier molecular flexibility index (Phi) is 11.5. The van der Waals surface area contributed by atoms with Crippen LogP contribution in [0.2, 0.25) is 0 Å². The van der Waals surface area contributed by atoms with Crippen LogP contribution in [0.15, 0.2) is 65.3 Å². The number of imidazole rings is 2. The molecule has 5 aromatic rings. The van der Waals surface area contributed by atoms with E-state index in [1.54, 1.807) is 22.2 Å². The van der Waals surface area contributed by atoms with Crippen LogP contribution < -0.4 is 10.6 Å². The summed E-state index contributed by atoms with van der Waals surface area (Å²) in [5, 5.41) is 15.5. The highest BCUT2D eigenvalue weighted by atomic mass is 16.5. The Hall–Kier alpha value is -5.96. The lowest BCUT2D eigenvalue weighted by Gasteiger charge is -2.30. The molecule has 2 fully saturated rings. The lowest BCUT2D eigenvalue weighted by Crippen LogP contribution is -2.51. The van der Waals surface area contributed by atoms with E-state index in [4.69, 9.17) is 9.15 Å². The maximum atomic E-state index is 13.6. The molecule has 4 atom stereocenters. The van der Waals surface area contributed by atoms with Gasteiger partial charge in [0.05, 0.1) is 43.0 Å². The Balaban J connectivity index is 1.03. The van der Waals surface area contributed by atoms with Gasteiger partial charge in [0.2, 0.25) is 17.7 Å². The number of H-pyrrole nitrogens is 2. The summed E-state index contributed by atoms with van der Waals surface area (Å²) in [7, 11) is 1.28. The minimum Gasteiger partial charge on any atom is -0.456 e. The van der Waals surface area contributed by atoms with Crippen LogP contribution >= 0.6 is 0 Å². The molecule has 2 aliphatic rings. The minimum atomic E-state index is -0.735. The number of methoxy groups -OCH3 is 1. The molecular weight excluding hydrogens is 729 g/mol. The maximum absolute atomic E-state index is 13.6. The Bertz CT molecular complexity index is 2240. The van der Waals surface area contributed by atoms with Crippen molar-refractivity contribution in [1.82, 2.24) is 40.4 Å². The van der Waals surface area contributed by atoms with Crippen LogP contribution in [0.25, 0.3) is 44.8 Å². The van der Waals surface area contributed by atoms with Crippen molar-refractivity contribution in [2.24, 2.45) is 11.8 Å². The number of nitrogens with zero attached hydrogens (tertiary/aromatic N) is 4. The molecule has 2 aromatic carbocycles. The Labute approximate surface area is 330 Å². The number of aliphatic hydroxyl groups is 1. The molecular formula is C42H50N8O7. The van der Waals surface area contributed by atoms with E-state index >= 15 is 0 Å². The van der Waals surface area contributed by atoms with Gasteiger partial charge in [0, 0.05) is 29.6 Å². The molecule has 15 nitrogen and oxygen atoms in total. The van der Waals surface area contributed by atoms with Gasteiger partial charge in [-0.3, -0.25) is 14.4 Å². The van der Waals surface area contributed by atoms with Gasteiger partial charge in [-0.15, -0.1) is 0 Å². The number of likely N-dealkylation sites (tertiary alicyclic amines) is 2. The van der Waals surface area contributed by atoms with Crippen LogP contribution in [0, 0.1) is 11.8 Å². The van der Waals surface area contributed by atoms with E-state index in [0.29, 0.717) is 24.7 Å². The molecule has 7 rings (SSSR count). The van der Waals surface area contributed by atoms with Gasteiger partial charge < -0.3 is 44.7 Å². The fraction of sp³-hybridized carbons (Fsp3) is 0.429. The first kappa shape index (κ1) is 39.3. The fourth-order valence-corrected chi connectivity index (χ4v) is 7.89. The number of fused-ring (bicyclic) bond motifs is 1. The molecule has 0 aliphatic carbocycles. The second-order valence-corrected chi connectivity index (χ2v) is 15.5. The Morgan fingerprint density at radius 1 is 0.789 bits per heavy atom. The van der Waals surface area contributed by atoms with Gasteiger partial charge in [0.25, 0.3) is 0 Å². The number of hydrogen-bond donors (Lipinski definition) is 5. The minimum absolute atomic E-state index is 0.115. The second-order valence-electron chi connectivity index (χ2n) is 15.5. The number of aromatic nitrogens is 4. The van der Waals surface area contributed by atoms with Crippen molar-refractivity contribution in [1.29, 1.82) is 0 Å². The largest absolute Gasteiger partial charge is 0.456 e. The average molecular weight is 779 g/mol. The Morgan fingerprint density at radius 3 is 1.86 bits per heavy atom. The van der Waals surface area contributed by atoms with Crippen molar-refractivity contribution in [3.8, 4) is 33.8 Å². The number of aliphatic hydroxyl groups excluding tert-OH is 1. The number of furan rings is 1. The van der Waals surface area contributed by atoms with E-state index in [1.807, 2.05) is 76.2 Å². The van der Waals surface area contributed by atoms with Crippen molar-refractivity contribution in [2.45, 2.75) is 77.5 Å². The molecule has 0 spiro atoms. The standard InChI is InChI=1S/C42H50N8O7/c1-23(2)36(47-35(52)22-51)40(53)49-16-6-9-32(49)39-44-21-30(46-39)27-14-15-33-28(18-27)19-34(57-33)26-12-10-25(11-13-26)29-20-43-38(45-29)31-8-7-17-50(31)41(54)37(24(3)4)48-42(55)56-5/h10-15,18-21,23-24,31-32,36-37,51H,6-9,16-17,22H2,1-5H3,(H,43,45)(H,44,46)(H,47,52)(H,48,55)/t31-,32-,36-,37-/m0/s1. The van der Waals surface area contributed by atoms with E-state index in [2.05, 4.69) is 30.6 Å². The highest BCUT2D eigenvalue weighted by Gasteiger charge is 2.39. The fourth-order valence-electron chi connectivity index (χ4n) is 7.89. The second kappa shape index (κ2) is 16.6. The zero-order valence-electron chi connectivity index (χ0n) is 32.9. The molecule has 0 bridgehead atoms. The smallest absolute Gasteiger partial charge is 0.407 e. The van der Waals surface area contributed by atoms with Crippen molar-refractivity contribution >= 4 is 34.8 Å². The van der Waals surface area contributed by atoms with Crippen LogP contribution in [0.3, 0.4) is 0 Å². The molecule has 57 heavy (non-hydrogen) atoms. The molecule has 5 N–H and O–H groups in total. The van der Waals surface area contributed by atoms with Gasteiger partial charge in [-0.2, -0.15) is 0 Å². The number of rotatable bonds is 12. The van der Waals surface area contributed by atoms with Crippen LogP contribution in [0.1, 0.15) is 77.1 Å². The summed E-state index contributed by atoms with van der Waals surface area (Å²) in [6, 6.07) is 14.1. The number of alkyl carbamates (subject to hydrolysis) is 1. The predicted octanol–water partition coefficient (Wildman–Crippen LogP) is 5.72. The van der Waals surface area contributed by atoms with Crippen LogP contribution in [0.4, 0.5) is 4.79 Å². The molecule has 0 radical (unpaired) electrons. The van der Waals surface area contributed by atoms with Crippen molar-refractivity contribution in [3.05, 3.63) is 72.6 Å². The van der Waals surface area contributed by atoms with Crippen molar-refractivity contribution in [2.75, 3.05) is 26.8 Å². The molecule has 15 heteroatoms. The highest BCUT2D eigenvalue weighted by molar-refractivity contribution is 5.89. The molecule has 3 aromatic heterocycles. The van der Waals surface area contributed by atoms with Gasteiger partial charge in [0.1, 0.15) is 41.7 Å². The van der Waals surface area contributed by atoms with Gasteiger partial charge >= 0.3 is 6.09 Å². The number of aromatic amines is 2. The first-order valence-corrected chi connectivity index (χ1v) is 19.6. The highest BCUT2D eigenvalue weighted by Crippen LogP contribution is 2.36. The number of ether oxygens (including phenoxy) is 1. The summed E-state index contributed by atoms with van der Waals surface area (Å²) < 4.78 is 11.0. The topological polar surface area (TPSA) is 199 Å². The van der Waals surface area contributed by atoms with Crippen LogP contribution in [-0.2, 0) is 19.1 Å².